The van der Waals surface area contributed by atoms with E-state index in [-0.39, 0.29) is 11.0 Å². The highest BCUT2D eigenvalue weighted by atomic mass is 35.5. The molecule has 3 rings (SSSR count). The second-order valence-electron chi connectivity index (χ2n) is 6.84. The number of rotatable bonds is 2. The van der Waals surface area contributed by atoms with E-state index < -0.39 is 5.41 Å². The lowest BCUT2D eigenvalue weighted by Crippen LogP contribution is -2.41. The van der Waals surface area contributed by atoms with E-state index in [0.717, 1.165) is 20.8 Å². The third-order valence-corrected chi connectivity index (χ3v) is 5.28. The van der Waals surface area contributed by atoms with Gasteiger partial charge in [-0.2, -0.15) is 0 Å². The molecule has 0 saturated carbocycles. The number of benzene rings is 2. The molecule has 0 aliphatic rings. The highest BCUT2D eigenvalue weighted by molar-refractivity contribution is 7.80. The van der Waals surface area contributed by atoms with Crippen LogP contribution < -0.4 is 10.6 Å². The number of fused-ring (bicyclic) bond motifs is 1. The Morgan fingerprint density at radius 2 is 1.92 bits per heavy atom. The predicted octanol–water partition coefficient (Wildman–Crippen LogP) is 5.48. The molecule has 4 nitrogen and oxygen atoms in total. The van der Waals surface area contributed by atoms with Crippen molar-refractivity contribution in [2.45, 2.75) is 20.8 Å². The van der Waals surface area contributed by atoms with E-state index in [1.54, 1.807) is 17.4 Å². The Morgan fingerprint density at radius 3 is 2.62 bits per heavy atom. The number of hydrogen-bond acceptors (Lipinski definition) is 4. The Bertz CT molecular complexity index is 959. The van der Waals surface area contributed by atoms with Crippen LogP contribution >= 0.6 is 35.2 Å². The van der Waals surface area contributed by atoms with E-state index >= 15 is 0 Å². The Labute approximate surface area is 166 Å². The molecule has 0 aliphatic carbocycles. The van der Waals surface area contributed by atoms with Crippen LogP contribution in [-0.2, 0) is 4.79 Å². The van der Waals surface area contributed by atoms with E-state index in [1.165, 1.54) is 0 Å². The Balaban J connectivity index is 1.84. The maximum atomic E-state index is 12.1. The van der Waals surface area contributed by atoms with Gasteiger partial charge in [0.05, 0.1) is 20.9 Å². The van der Waals surface area contributed by atoms with Crippen molar-refractivity contribution in [2.24, 2.45) is 5.41 Å². The molecule has 0 atom stereocenters. The van der Waals surface area contributed by atoms with Crippen LogP contribution in [0.5, 0.6) is 0 Å². The summed E-state index contributed by atoms with van der Waals surface area (Å²) in [5.74, 6) is -0.159. The van der Waals surface area contributed by atoms with Crippen LogP contribution in [0.3, 0.4) is 0 Å². The highest BCUT2D eigenvalue weighted by Crippen LogP contribution is 2.33. The molecule has 0 unspecified atom stereocenters. The second-order valence-corrected chi connectivity index (χ2v) is 8.69. The van der Waals surface area contributed by atoms with E-state index in [1.807, 2.05) is 57.2 Å². The lowest BCUT2D eigenvalue weighted by atomic mass is 9.96. The normalized spacial score (nSPS) is 11.4. The molecule has 3 aromatic rings. The summed E-state index contributed by atoms with van der Waals surface area (Å²) in [4.78, 5) is 16.7. The molecular formula is C19H18ClN3OS2. The molecule has 0 fully saturated rings. The number of aromatic nitrogens is 1. The monoisotopic (exact) mass is 403 g/mol. The van der Waals surface area contributed by atoms with E-state index in [9.17, 15) is 4.79 Å². The van der Waals surface area contributed by atoms with Crippen LogP contribution in [0, 0.1) is 5.41 Å². The first-order chi connectivity index (χ1) is 12.2. The molecule has 1 amide bonds. The fourth-order valence-electron chi connectivity index (χ4n) is 2.19. The number of carbonyl (C=O) groups is 1. The molecule has 2 N–H and O–H groups in total. The maximum absolute atomic E-state index is 12.1. The zero-order valence-electron chi connectivity index (χ0n) is 14.6. The van der Waals surface area contributed by atoms with Crippen molar-refractivity contribution in [3.63, 3.8) is 0 Å². The molecule has 7 heteroatoms. The largest absolute Gasteiger partial charge is 0.331 e. The Hall–Kier alpha value is -2.02. The molecule has 134 valence electrons. The average Bonchev–Trinajstić information content (AvgIpc) is 3.00. The minimum Gasteiger partial charge on any atom is -0.331 e. The lowest BCUT2D eigenvalue weighted by molar-refractivity contribution is -0.126. The predicted molar refractivity (Wildman–Crippen MR) is 114 cm³/mol. The smallest absolute Gasteiger partial charge is 0.231 e. The number of carbonyl (C=O) groups excluding carboxylic acids is 1. The van der Waals surface area contributed by atoms with Crippen LogP contribution in [0.25, 0.3) is 20.8 Å². The summed E-state index contributed by atoms with van der Waals surface area (Å²) in [5.41, 5.74) is 1.99. The summed E-state index contributed by atoms with van der Waals surface area (Å²) in [6.07, 6.45) is 0. The van der Waals surface area contributed by atoms with Crippen molar-refractivity contribution in [2.75, 3.05) is 5.32 Å². The van der Waals surface area contributed by atoms with Crippen molar-refractivity contribution in [3.8, 4) is 10.6 Å². The lowest BCUT2D eigenvalue weighted by Gasteiger charge is -2.19. The first-order valence-corrected chi connectivity index (χ1v) is 9.62. The molecule has 1 heterocycles. The van der Waals surface area contributed by atoms with Crippen LogP contribution in [-0.4, -0.2) is 16.0 Å². The first kappa shape index (κ1) is 18.8. The molecular weight excluding hydrogens is 386 g/mol. The summed E-state index contributed by atoms with van der Waals surface area (Å²) in [6.45, 7) is 5.48. The van der Waals surface area contributed by atoms with Crippen molar-refractivity contribution in [1.29, 1.82) is 0 Å². The van der Waals surface area contributed by atoms with Crippen molar-refractivity contribution in [3.05, 3.63) is 47.5 Å². The zero-order valence-corrected chi connectivity index (χ0v) is 17.0. The average molecular weight is 404 g/mol. The fourth-order valence-corrected chi connectivity index (χ4v) is 3.52. The van der Waals surface area contributed by atoms with Gasteiger partial charge in [-0.25, -0.2) is 4.98 Å². The van der Waals surface area contributed by atoms with Gasteiger partial charge in [-0.05, 0) is 36.5 Å². The van der Waals surface area contributed by atoms with Crippen molar-refractivity contribution in [1.82, 2.24) is 10.3 Å². The molecule has 0 spiro atoms. The third kappa shape index (κ3) is 4.20. The van der Waals surface area contributed by atoms with E-state index in [4.69, 9.17) is 23.8 Å². The number of nitrogens with one attached hydrogen (secondary N) is 2. The number of thiazole rings is 1. The minimum absolute atomic E-state index is 0.159. The Morgan fingerprint density at radius 1 is 1.19 bits per heavy atom. The zero-order chi connectivity index (χ0) is 18.9. The van der Waals surface area contributed by atoms with Gasteiger partial charge in [-0.15, -0.1) is 11.3 Å². The number of hydrogen-bond donors (Lipinski definition) is 2. The molecule has 0 aliphatic heterocycles. The van der Waals surface area contributed by atoms with Crippen LogP contribution in [0.15, 0.2) is 42.5 Å². The van der Waals surface area contributed by atoms with E-state index in [0.29, 0.717) is 10.7 Å². The number of anilines is 1. The summed E-state index contributed by atoms with van der Waals surface area (Å²) in [7, 11) is 0. The van der Waals surface area contributed by atoms with Gasteiger partial charge in [0.1, 0.15) is 5.01 Å². The molecule has 26 heavy (non-hydrogen) atoms. The number of halogens is 1. The van der Waals surface area contributed by atoms with Gasteiger partial charge >= 0.3 is 0 Å². The van der Waals surface area contributed by atoms with Gasteiger partial charge in [0.2, 0.25) is 5.91 Å². The second kappa shape index (κ2) is 7.31. The highest BCUT2D eigenvalue weighted by Gasteiger charge is 2.22. The van der Waals surface area contributed by atoms with Crippen LogP contribution in [0.2, 0.25) is 5.02 Å². The van der Waals surface area contributed by atoms with Gasteiger partial charge < -0.3 is 10.6 Å². The van der Waals surface area contributed by atoms with Crippen LogP contribution in [0.4, 0.5) is 5.69 Å². The third-order valence-electron chi connectivity index (χ3n) is 3.66. The van der Waals surface area contributed by atoms with Gasteiger partial charge in [0.15, 0.2) is 5.11 Å². The fraction of sp³-hybridized carbons (Fsp3) is 0.211. The van der Waals surface area contributed by atoms with Crippen LogP contribution in [0.1, 0.15) is 20.8 Å². The summed E-state index contributed by atoms with van der Waals surface area (Å²) < 4.78 is 1.12. The van der Waals surface area contributed by atoms with Gasteiger partial charge in [0.25, 0.3) is 0 Å². The standard InChI is InChI=1S/C19H18ClN3OS2/c1-19(2,3)17(24)23-18(25)22-14-10-11(8-9-12(14)20)16-21-13-6-4-5-7-15(13)26-16/h4-10H,1-3H3,(H2,22,23,24,25). The van der Waals surface area contributed by atoms with Gasteiger partial charge in [0, 0.05) is 11.0 Å². The summed E-state index contributed by atoms with van der Waals surface area (Å²) in [5, 5.41) is 7.32. The topological polar surface area (TPSA) is 54.0 Å². The summed E-state index contributed by atoms with van der Waals surface area (Å²) >= 11 is 13.1. The van der Waals surface area contributed by atoms with E-state index in [2.05, 4.69) is 15.6 Å². The maximum Gasteiger partial charge on any atom is 0.231 e. The molecule has 1 aromatic heterocycles. The molecule has 0 radical (unpaired) electrons. The number of thiocarbonyl (C=S) groups is 1. The Kier molecular flexibility index (Phi) is 5.27. The molecule has 0 bridgehead atoms. The number of para-hydroxylation sites is 1. The van der Waals surface area contributed by atoms with Crippen molar-refractivity contribution >= 4 is 62.1 Å². The minimum atomic E-state index is -0.529. The van der Waals surface area contributed by atoms with Gasteiger partial charge in [-0.1, -0.05) is 50.6 Å². The first-order valence-electron chi connectivity index (χ1n) is 8.02. The van der Waals surface area contributed by atoms with Gasteiger partial charge in [-0.3, -0.25) is 4.79 Å². The molecule has 2 aromatic carbocycles. The number of amides is 1. The van der Waals surface area contributed by atoms with Crippen molar-refractivity contribution < 1.29 is 4.79 Å². The summed E-state index contributed by atoms with van der Waals surface area (Å²) in [6, 6.07) is 13.6. The SMILES string of the molecule is CC(C)(C)C(=O)NC(=S)Nc1cc(-c2nc3ccccc3s2)ccc1Cl. The number of nitrogens with zero attached hydrogens (tertiary/aromatic N) is 1. The molecule has 0 saturated heterocycles. The quantitative estimate of drug-likeness (QED) is 0.556.